The average molecular weight is 279 g/mol. The van der Waals surface area contributed by atoms with E-state index in [1.807, 2.05) is 0 Å². The average Bonchev–Trinajstić information content (AvgIpc) is 3.28. The molecule has 0 spiro atoms. The minimum absolute atomic E-state index is 0.164. The van der Waals surface area contributed by atoms with Gasteiger partial charge in [-0.25, -0.2) is 4.39 Å². The molecular weight excluding hydrogens is 261 g/mol. The van der Waals surface area contributed by atoms with Crippen molar-refractivity contribution in [3.05, 3.63) is 35.6 Å². The Kier molecular flexibility index (Phi) is 4.37. The zero-order valence-electron chi connectivity index (χ0n) is 11.6. The van der Waals surface area contributed by atoms with Crippen molar-refractivity contribution in [2.75, 3.05) is 13.7 Å². The summed E-state index contributed by atoms with van der Waals surface area (Å²) in [6.07, 6.45) is 1.89. The maximum atomic E-state index is 12.9. The maximum absolute atomic E-state index is 12.9. The summed E-state index contributed by atoms with van der Waals surface area (Å²) in [5.74, 6) is -1.24. The SMILES string of the molecule is COC(=O)C(C)CN(C(=O)c1ccc(F)cc1)C1CC1. The van der Waals surface area contributed by atoms with Crippen LogP contribution in [0.5, 0.6) is 0 Å². The first kappa shape index (κ1) is 14.5. The molecule has 20 heavy (non-hydrogen) atoms. The molecule has 0 aromatic heterocycles. The Morgan fingerprint density at radius 2 is 1.95 bits per heavy atom. The van der Waals surface area contributed by atoms with Crippen LogP contribution in [0, 0.1) is 11.7 Å². The van der Waals surface area contributed by atoms with Crippen LogP contribution in [-0.4, -0.2) is 36.5 Å². The van der Waals surface area contributed by atoms with E-state index in [4.69, 9.17) is 0 Å². The summed E-state index contributed by atoms with van der Waals surface area (Å²) in [5, 5.41) is 0. The number of esters is 1. The van der Waals surface area contributed by atoms with Crippen LogP contribution in [0.25, 0.3) is 0 Å². The van der Waals surface area contributed by atoms with E-state index in [0.29, 0.717) is 12.1 Å². The monoisotopic (exact) mass is 279 g/mol. The second-order valence-corrected chi connectivity index (χ2v) is 5.12. The number of amides is 1. The molecule has 0 bridgehead atoms. The molecule has 1 aromatic carbocycles. The van der Waals surface area contributed by atoms with Gasteiger partial charge in [-0.05, 0) is 37.1 Å². The topological polar surface area (TPSA) is 46.6 Å². The maximum Gasteiger partial charge on any atom is 0.310 e. The Morgan fingerprint density at radius 1 is 1.35 bits per heavy atom. The molecule has 5 heteroatoms. The van der Waals surface area contributed by atoms with Gasteiger partial charge in [0.15, 0.2) is 0 Å². The molecule has 0 aliphatic heterocycles. The summed E-state index contributed by atoms with van der Waals surface area (Å²) in [6, 6.07) is 5.65. The summed E-state index contributed by atoms with van der Waals surface area (Å²) >= 11 is 0. The van der Waals surface area contributed by atoms with Gasteiger partial charge in [0.2, 0.25) is 0 Å². The highest BCUT2D eigenvalue weighted by molar-refractivity contribution is 5.94. The zero-order valence-corrected chi connectivity index (χ0v) is 11.6. The number of methoxy groups -OCH3 is 1. The van der Waals surface area contributed by atoms with Gasteiger partial charge in [-0.3, -0.25) is 9.59 Å². The summed E-state index contributed by atoms with van der Waals surface area (Å²) in [4.78, 5) is 25.6. The van der Waals surface area contributed by atoms with Crippen molar-refractivity contribution in [3.8, 4) is 0 Å². The largest absolute Gasteiger partial charge is 0.469 e. The van der Waals surface area contributed by atoms with Gasteiger partial charge in [-0.2, -0.15) is 0 Å². The number of carbonyl (C=O) groups excluding carboxylic acids is 2. The zero-order chi connectivity index (χ0) is 14.7. The van der Waals surface area contributed by atoms with E-state index >= 15 is 0 Å². The first-order chi connectivity index (χ1) is 9.52. The Hall–Kier alpha value is -1.91. The third kappa shape index (κ3) is 3.35. The van der Waals surface area contributed by atoms with E-state index in [9.17, 15) is 14.0 Å². The van der Waals surface area contributed by atoms with Crippen LogP contribution in [0.4, 0.5) is 4.39 Å². The van der Waals surface area contributed by atoms with Crippen LogP contribution >= 0.6 is 0 Å². The number of benzene rings is 1. The third-order valence-corrected chi connectivity index (χ3v) is 3.41. The number of halogens is 1. The Balaban J connectivity index is 2.10. The Morgan fingerprint density at radius 3 is 2.45 bits per heavy atom. The van der Waals surface area contributed by atoms with Crippen molar-refractivity contribution in [1.29, 1.82) is 0 Å². The van der Waals surface area contributed by atoms with E-state index in [1.165, 1.54) is 31.4 Å². The van der Waals surface area contributed by atoms with Crippen molar-refractivity contribution in [2.24, 2.45) is 5.92 Å². The Labute approximate surface area is 117 Å². The summed E-state index contributed by atoms with van der Waals surface area (Å²) < 4.78 is 17.6. The molecule has 0 N–H and O–H groups in total. The van der Waals surface area contributed by atoms with Crippen molar-refractivity contribution < 1.29 is 18.7 Å². The minimum atomic E-state index is -0.373. The molecule has 0 heterocycles. The van der Waals surface area contributed by atoms with Crippen molar-refractivity contribution in [3.63, 3.8) is 0 Å². The van der Waals surface area contributed by atoms with Crippen molar-refractivity contribution in [1.82, 2.24) is 4.90 Å². The van der Waals surface area contributed by atoms with Crippen LogP contribution in [0.15, 0.2) is 24.3 Å². The molecule has 1 saturated carbocycles. The number of nitrogens with zero attached hydrogens (tertiary/aromatic N) is 1. The molecule has 0 saturated heterocycles. The summed E-state index contributed by atoms with van der Waals surface area (Å²) in [6.45, 7) is 2.06. The molecule has 108 valence electrons. The van der Waals surface area contributed by atoms with E-state index in [-0.39, 0.29) is 29.7 Å². The molecule has 1 aromatic rings. The predicted molar refractivity (Wildman–Crippen MR) is 71.6 cm³/mol. The molecule has 1 unspecified atom stereocenters. The molecular formula is C15H18FNO3. The number of carbonyl (C=O) groups is 2. The molecule has 0 radical (unpaired) electrons. The van der Waals surface area contributed by atoms with Gasteiger partial charge in [-0.1, -0.05) is 6.92 Å². The first-order valence-corrected chi connectivity index (χ1v) is 6.67. The van der Waals surface area contributed by atoms with Crippen LogP contribution < -0.4 is 0 Å². The lowest BCUT2D eigenvalue weighted by atomic mass is 10.1. The van der Waals surface area contributed by atoms with Crippen molar-refractivity contribution in [2.45, 2.75) is 25.8 Å². The Bertz CT molecular complexity index is 496. The number of hydrogen-bond acceptors (Lipinski definition) is 3. The molecule has 4 nitrogen and oxygen atoms in total. The second kappa shape index (κ2) is 6.03. The van der Waals surface area contributed by atoms with Gasteiger partial charge in [0.1, 0.15) is 5.82 Å². The fourth-order valence-electron chi connectivity index (χ4n) is 2.11. The summed E-state index contributed by atoms with van der Waals surface area (Å²) in [5.41, 5.74) is 0.440. The normalized spacial score (nSPS) is 15.6. The van der Waals surface area contributed by atoms with Crippen LogP contribution in [-0.2, 0) is 9.53 Å². The van der Waals surface area contributed by atoms with Crippen LogP contribution in [0.3, 0.4) is 0 Å². The van der Waals surface area contributed by atoms with Crippen LogP contribution in [0.2, 0.25) is 0 Å². The molecule has 1 aliphatic rings. The van der Waals surface area contributed by atoms with Gasteiger partial charge in [0.05, 0.1) is 13.0 Å². The fourth-order valence-corrected chi connectivity index (χ4v) is 2.11. The van der Waals surface area contributed by atoms with Gasteiger partial charge >= 0.3 is 5.97 Å². The molecule has 1 atom stereocenters. The van der Waals surface area contributed by atoms with E-state index in [2.05, 4.69) is 4.74 Å². The highest BCUT2D eigenvalue weighted by Gasteiger charge is 2.35. The predicted octanol–water partition coefficient (Wildman–Crippen LogP) is 2.24. The van der Waals surface area contributed by atoms with E-state index in [1.54, 1.807) is 11.8 Å². The lowest BCUT2D eigenvalue weighted by molar-refractivity contribution is -0.145. The van der Waals surface area contributed by atoms with E-state index in [0.717, 1.165) is 12.8 Å². The fraction of sp³-hybridized carbons (Fsp3) is 0.467. The second-order valence-electron chi connectivity index (χ2n) is 5.12. The van der Waals surface area contributed by atoms with Crippen LogP contribution in [0.1, 0.15) is 30.1 Å². The lowest BCUT2D eigenvalue weighted by Crippen LogP contribution is -2.38. The molecule has 2 rings (SSSR count). The highest BCUT2D eigenvalue weighted by atomic mass is 19.1. The molecule has 1 fully saturated rings. The van der Waals surface area contributed by atoms with Crippen molar-refractivity contribution >= 4 is 11.9 Å². The minimum Gasteiger partial charge on any atom is -0.469 e. The smallest absolute Gasteiger partial charge is 0.310 e. The van der Waals surface area contributed by atoms with E-state index < -0.39 is 0 Å². The quantitative estimate of drug-likeness (QED) is 0.777. The third-order valence-electron chi connectivity index (χ3n) is 3.41. The van der Waals surface area contributed by atoms with Gasteiger partial charge in [0, 0.05) is 18.2 Å². The molecule has 1 amide bonds. The summed E-state index contributed by atoms with van der Waals surface area (Å²) in [7, 11) is 1.34. The lowest BCUT2D eigenvalue weighted by Gasteiger charge is -2.25. The van der Waals surface area contributed by atoms with Gasteiger partial charge in [-0.15, -0.1) is 0 Å². The standard InChI is InChI=1S/C15H18FNO3/c1-10(15(19)20-2)9-17(13-7-8-13)14(18)11-3-5-12(16)6-4-11/h3-6,10,13H,7-9H2,1-2H3. The number of hydrogen-bond donors (Lipinski definition) is 0. The number of ether oxygens (including phenoxy) is 1. The highest BCUT2D eigenvalue weighted by Crippen LogP contribution is 2.29. The first-order valence-electron chi connectivity index (χ1n) is 6.67. The van der Waals surface area contributed by atoms with Gasteiger partial charge in [0.25, 0.3) is 5.91 Å². The van der Waals surface area contributed by atoms with Gasteiger partial charge < -0.3 is 9.64 Å². The molecule has 1 aliphatic carbocycles. The number of rotatable bonds is 5.